The van der Waals surface area contributed by atoms with Crippen LogP contribution < -0.4 is 0 Å². The Morgan fingerprint density at radius 1 is 1.32 bits per heavy atom. The Morgan fingerprint density at radius 3 is 2.84 bits per heavy atom. The Hall–Kier alpha value is -1.81. The van der Waals surface area contributed by atoms with Gasteiger partial charge in [-0.2, -0.15) is 0 Å². The zero-order valence-electron chi connectivity index (χ0n) is 10.6. The summed E-state index contributed by atoms with van der Waals surface area (Å²) in [6, 6.07) is 7.21. The van der Waals surface area contributed by atoms with Crippen molar-refractivity contribution in [1.29, 1.82) is 0 Å². The monoisotopic (exact) mass is 260 g/mol. The molecule has 1 fully saturated rings. The van der Waals surface area contributed by atoms with Gasteiger partial charge in [0.2, 0.25) is 5.76 Å². The van der Waals surface area contributed by atoms with Crippen LogP contribution in [0.15, 0.2) is 28.7 Å². The Balaban J connectivity index is 1.74. The van der Waals surface area contributed by atoms with Crippen molar-refractivity contribution in [1.82, 2.24) is 0 Å². The van der Waals surface area contributed by atoms with Crippen LogP contribution in [0.2, 0.25) is 0 Å². The van der Waals surface area contributed by atoms with Crippen molar-refractivity contribution in [3.05, 3.63) is 35.6 Å². The van der Waals surface area contributed by atoms with Crippen molar-refractivity contribution in [2.75, 3.05) is 0 Å². The highest BCUT2D eigenvalue weighted by atomic mass is 16.5. The quantitative estimate of drug-likeness (QED) is 0.912. The number of aromatic carboxylic acids is 1. The molecule has 4 nitrogen and oxygen atoms in total. The Kier molecular flexibility index (Phi) is 3.25. The van der Waals surface area contributed by atoms with Crippen LogP contribution in [0.25, 0.3) is 11.0 Å². The minimum absolute atomic E-state index is 0.0242. The van der Waals surface area contributed by atoms with Crippen molar-refractivity contribution in [2.24, 2.45) is 0 Å². The normalized spacial score (nSPS) is 16.2. The molecule has 0 atom stereocenters. The van der Waals surface area contributed by atoms with E-state index in [1.807, 2.05) is 12.1 Å². The Morgan fingerprint density at radius 2 is 2.11 bits per heavy atom. The topological polar surface area (TPSA) is 59.7 Å². The van der Waals surface area contributed by atoms with Gasteiger partial charge in [0.05, 0.1) is 12.7 Å². The number of carboxylic acid groups (broad SMARTS) is 1. The number of furan rings is 1. The van der Waals surface area contributed by atoms with E-state index in [1.165, 1.54) is 12.8 Å². The first-order chi connectivity index (χ1) is 9.22. The predicted molar refractivity (Wildman–Crippen MR) is 70.2 cm³/mol. The fraction of sp³-hybridized carbons (Fsp3) is 0.400. The fourth-order valence-electron chi connectivity index (χ4n) is 2.56. The fourth-order valence-corrected chi connectivity index (χ4v) is 2.56. The third-order valence-electron chi connectivity index (χ3n) is 3.58. The highest BCUT2D eigenvalue weighted by Crippen LogP contribution is 2.24. The van der Waals surface area contributed by atoms with Gasteiger partial charge in [-0.3, -0.25) is 0 Å². The Bertz CT molecular complexity index is 593. The number of hydrogen-bond acceptors (Lipinski definition) is 3. The van der Waals surface area contributed by atoms with E-state index in [1.54, 1.807) is 12.1 Å². The van der Waals surface area contributed by atoms with Gasteiger partial charge in [0.15, 0.2) is 0 Å². The minimum Gasteiger partial charge on any atom is -0.475 e. The van der Waals surface area contributed by atoms with E-state index >= 15 is 0 Å². The second kappa shape index (κ2) is 5.05. The van der Waals surface area contributed by atoms with Crippen LogP contribution in [0.5, 0.6) is 0 Å². The highest BCUT2D eigenvalue weighted by molar-refractivity contribution is 5.91. The highest BCUT2D eigenvalue weighted by Gasteiger charge is 2.15. The first-order valence-electron chi connectivity index (χ1n) is 6.60. The molecule has 0 radical (unpaired) electrons. The lowest BCUT2D eigenvalue weighted by Gasteiger charge is -2.10. The smallest absolute Gasteiger partial charge is 0.371 e. The third kappa shape index (κ3) is 2.63. The van der Waals surface area contributed by atoms with Crippen LogP contribution in [-0.4, -0.2) is 17.2 Å². The molecule has 0 saturated heterocycles. The largest absolute Gasteiger partial charge is 0.475 e. The molecule has 19 heavy (non-hydrogen) atoms. The predicted octanol–water partition coefficient (Wildman–Crippen LogP) is 3.59. The van der Waals surface area contributed by atoms with Gasteiger partial charge in [0.25, 0.3) is 0 Å². The molecule has 1 aliphatic rings. The number of carbonyl (C=O) groups is 1. The van der Waals surface area contributed by atoms with E-state index in [-0.39, 0.29) is 5.76 Å². The number of rotatable bonds is 4. The standard InChI is InChI=1S/C15H16O4/c16-15(17)14-8-11-7-10(5-6-13(11)19-14)9-18-12-3-1-2-4-12/h5-8,12H,1-4,9H2,(H,16,17). The summed E-state index contributed by atoms with van der Waals surface area (Å²) in [6.45, 7) is 0.578. The lowest BCUT2D eigenvalue weighted by Crippen LogP contribution is -2.06. The van der Waals surface area contributed by atoms with Crippen molar-refractivity contribution in [3.63, 3.8) is 0 Å². The molecule has 0 aliphatic heterocycles. The number of ether oxygens (including phenoxy) is 1. The number of hydrogen-bond donors (Lipinski definition) is 1. The van der Waals surface area contributed by atoms with Gasteiger partial charge in [0.1, 0.15) is 5.58 Å². The second-order valence-electron chi connectivity index (χ2n) is 5.01. The van der Waals surface area contributed by atoms with E-state index in [4.69, 9.17) is 14.3 Å². The second-order valence-corrected chi connectivity index (χ2v) is 5.01. The first kappa shape index (κ1) is 12.2. The Labute approximate surface area is 111 Å². The first-order valence-corrected chi connectivity index (χ1v) is 6.60. The molecular weight excluding hydrogens is 244 g/mol. The van der Waals surface area contributed by atoms with E-state index in [0.717, 1.165) is 23.8 Å². The molecule has 100 valence electrons. The zero-order chi connectivity index (χ0) is 13.2. The molecule has 0 spiro atoms. The third-order valence-corrected chi connectivity index (χ3v) is 3.58. The maximum Gasteiger partial charge on any atom is 0.371 e. The number of carboxylic acids is 1. The van der Waals surface area contributed by atoms with Crippen LogP contribution in [0.3, 0.4) is 0 Å². The molecule has 1 aromatic carbocycles. The maximum absolute atomic E-state index is 10.8. The van der Waals surface area contributed by atoms with Crippen molar-refractivity contribution in [2.45, 2.75) is 38.4 Å². The van der Waals surface area contributed by atoms with Crippen LogP contribution in [0, 0.1) is 0 Å². The summed E-state index contributed by atoms with van der Waals surface area (Å²) in [5.41, 5.74) is 1.65. The number of fused-ring (bicyclic) bond motifs is 1. The molecule has 0 unspecified atom stereocenters. The molecule has 0 bridgehead atoms. The summed E-state index contributed by atoms with van der Waals surface area (Å²) in [6.07, 6.45) is 5.20. The van der Waals surface area contributed by atoms with E-state index in [0.29, 0.717) is 18.3 Å². The molecule has 0 amide bonds. The van der Waals surface area contributed by atoms with Crippen LogP contribution in [0.1, 0.15) is 41.8 Å². The van der Waals surface area contributed by atoms with Gasteiger partial charge in [-0.1, -0.05) is 18.9 Å². The zero-order valence-corrected chi connectivity index (χ0v) is 10.6. The van der Waals surface area contributed by atoms with E-state index < -0.39 is 5.97 Å². The summed E-state index contributed by atoms with van der Waals surface area (Å²) >= 11 is 0. The lowest BCUT2D eigenvalue weighted by atomic mass is 10.1. The molecule has 1 N–H and O–H groups in total. The molecule has 1 aromatic heterocycles. The summed E-state index contributed by atoms with van der Waals surface area (Å²) in [5, 5.41) is 9.69. The molecule has 4 heteroatoms. The van der Waals surface area contributed by atoms with Crippen LogP contribution in [-0.2, 0) is 11.3 Å². The van der Waals surface area contributed by atoms with Gasteiger partial charge in [-0.25, -0.2) is 4.79 Å². The molecule has 1 saturated carbocycles. The van der Waals surface area contributed by atoms with Gasteiger partial charge in [-0.15, -0.1) is 0 Å². The van der Waals surface area contributed by atoms with E-state index in [2.05, 4.69) is 0 Å². The van der Waals surface area contributed by atoms with Gasteiger partial charge in [-0.05, 0) is 36.6 Å². The lowest BCUT2D eigenvalue weighted by molar-refractivity contribution is 0.0457. The van der Waals surface area contributed by atoms with Gasteiger partial charge in [0, 0.05) is 5.39 Å². The number of benzene rings is 1. The average Bonchev–Trinajstić information content (AvgIpc) is 3.04. The molecular formula is C15H16O4. The summed E-state index contributed by atoms with van der Waals surface area (Å²) < 4.78 is 11.1. The van der Waals surface area contributed by atoms with Crippen LogP contribution in [0.4, 0.5) is 0 Å². The van der Waals surface area contributed by atoms with E-state index in [9.17, 15) is 4.79 Å². The maximum atomic E-state index is 10.8. The molecule has 2 aromatic rings. The van der Waals surface area contributed by atoms with Gasteiger partial charge < -0.3 is 14.3 Å². The average molecular weight is 260 g/mol. The van der Waals surface area contributed by atoms with Crippen molar-refractivity contribution >= 4 is 16.9 Å². The molecule has 1 heterocycles. The summed E-state index contributed by atoms with van der Waals surface area (Å²) in [4.78, 5) is 10.8. The van der Waals surface area contributed by atoms with Gasteiger partial charge >= 0.3 is 5.97 Å². The molecule has 3 rings (SSSR count). The SMILES string of the molecule is O=C(O)c1cc2cc(COC3CCCC3)ccc2o1. The molecule has 1 aliphatic carbocycles. The summed E-state index contributed by atoms with van der Waals surface area (Å²) in [7, 11) is 0. The van der Waals surface area contributed by atoms with Crippen LogP contribution >= 0.6 is 0 Å². The van der Waals surface area contributed by atoms with Crippen molar-refractivity contribution < 1.29 is 19.1 Å². The van der Waals surface area contributed by atoms with Crippen molar-refractivity contribution in [3.8, 4) is 0 Å². The summed E-state index contributed by atoms with van der Waals surface area (Å²) in [5.74, 6) is -1.07. The minimum atomic E-state index is -1.04.